The zero-order chi connectivity index (χ0) is 17.7. The number of rotatable bonds is 5. The minimum absolute atomic E-state index is 0.0586. The number of carbonyl (C=O) groups is 3. The number of halogens is 1. The molecule has 2 aromatic rings. The normalized spacial score (nSPS) is 11.5. The van der Waals surface area contributed by atoms with Crippen LogP contribution in [0, 0.1) is 0 Å². The van der Waals surface area contributed by atoms with Crippen LogP contribution in [0.3, 0.4) is 0 Å². The Kier molecular flexibility index (Phi) is 5.71. The molecule has 0 heterocycles. The molecular formula is C18H16ClNO4. The van der Waals surface area contributed by atoms with E-state index >= 15 is 0 Å². The summed E-state index contributed by atoms with van der Waals surface area (Å²) < 4.78 is 5.12. The molecule has 1 atom stereocenters. The van der Waals surface area contributed by atoms with Crippen molar-refractivity contribution in [1.29, 1.82) is 0 Å². The molecule has 6 heteroatoms. The summed E-state index contributed by atoms with van der Waals surface area (Å²) in [6.07, 6.45) is -0.982. The number of Topliss-reactive ketones (excluding diaryl/α,β-unsaturated/α-hetero) is 1. The van der Waals surface area contributed by atoms with Crippen LogP contribution in [0.2, 0.25) is 5.02 Å². The Balaban J connectivity index is 1.96. The summed E-state index contributed by atoms with van der Waals surface area (Å²) in [4.78, 5) is 35.3. The quantitative estimate of drug-likeness (QED) is 0.662. The van der Waals surface area contributed by atoms with Crippen LogP contribution in [-0.2, 0) is 9.53 Å². The van der Waals surface area contributed by atoms with Gasteiger partial charge in [-0.05, 0) is 56.3 Å². The van der Waals surface area contributed by atoms with Crippen LogP contribution < -0.4 is 5.32 Å². The highest BCUT2D eigenvalue weighted by atomic mass is 35.5. The van der Waals surface area contributed by atoms with Crippen LogP contribution in [0.4, 0.5) is 5.69 Å². The number of benzene rings is 2. The smallest absolute Gasteiger partial charge is 0.338 e. The molecule has 5 nitrogen and oxygen atoms in total. The molecule has 0 fully saturated rings. The van der Waals surface area contributed by atoms with E-state index in [0.717, 1.165) is 0 Å². The van der Waals surface area contributed by atoms with Crippen molar-refractivity contribution in [3.8, 4) is 0 Å². The molecule has 0 spiro atoms. The van der Waals surface area contributed by atoms with Gasteiger partial charge in [0, 0.05) is 16.3 Å². The number of nitrogens with one attached hydrogen (secondary N) is 1. The summed E-state index contributed by atoms with van der Waals surface area (Å²) >= 11 is 5.82. The maximum atomic E-state index is 12.1. The van der Waals surface area contributed by atoms with Gasteiger partial charge in [-0.25, -0.2) is 4.79 Å². The average molecular weight is 346 g/mol. The lowest BCUT2D eigenvalue weighted by molar-refractivity contribution is -0.123. The van der Waals surface area contributed by atoms with Crippen molar-refractivity contribution in [3.05, 3.63) is 64.7 Å². The summed E-state index contributed by atoms with van der Waals surface area (Å²) in [6.45, 7) is 2.94. The predicted molar refractivity (Wildman–Crippen MR) is 91.4 cm³/mol. The second-order valence-electron chi connectivity index (χ2n) is 5.18. The molecule has 1 N–H and O–H groups in total. The van der Waals surface area contributed by atoms with Crippen molar-refractivity contribution < 1.29 is 19.1 Å². The van der Waals surface area contributed by atoms with Gasteiger partial charge in [0.25, 0.3) is 5.91 Å². The second-order valence-corrected chi connectivity index (χ2v) is 5.62. The number of ether oxygens (including phenoxy) is 1. The lowest BCUT2D eigenvalue weighted by atomic mass is 10.1. The van der Waals surface area contributed by atoms with Gasteiger partial charge in [0.1, 0.15) is 0 Å². The lowest BCUT2D eigenvalue weighted by Gasteiger charge is -2.13. The van der Waals surface area contributed by atoms with E-state index in [9.17, 15) is 14.4 Å². The zero-order valence-electron chi connectivity index (χ0n) is 13.2. The van der Waals surface area contributed by atoms with Crippen LogP contribution in [0.25, 0.3) is 0 Å². The SMILES string of the molecule is CC(=O)c1ccc(NC(=O)C(C)OC(=O)c2cccc(Cl)c2)cc1. The first-order chi connectivity index (χ1) is 11.4. The van der Waals surface area contributed by atoms with Gasteiger partial charge < -0.3 is 10.1 Å². The number of hydrogen-bond donors (Lipinski definition) is 1. The Morgan fingerprint density at radius 1 is 1.04 bits per heavy atom. The highest BCUT2D eigenvalue weighted by Crippen LogP contribution is 2.14. The molecule has 0 aliphatic heterocycles. The fourth-order valence-electron chi connectivity index (χ4n) is 1.93. The Bertz CT molecular complexity index is 771. The summed E-state index contributed by atoms with van der Waals surface area (Å²) in [6, 6.07) is 12.7. The van der Waals surface area contributed by atoms with E-state index in [2.05, 4.69) is 5.32 Å². The van der Waals surface area contributed by atoms with E-state index in [-0.39, 0.29) is 11.3 Å². The number of ketones is 1. The van der Waals surface area contributed by atoms with Crippen LogP contribution in [0.15, 0.2) is 48.5 Å². The largest absolute Gasteiger partial charge is 0.449 e. The molecule has 1 unspecified atom stereocenters. The second kappa shape index (κ2) is 7.75. The number of carbonyl (C=O) groups excluding carboxylic acids is 3. The summed E-state index contributed by atoms with van der Waals surface area (Å²) in [7, 11) is 0. The van der Waals surface area contributed by atoms with Gasteiger partial charge in [-0.1, -0.05) is 17.7 Å². The van der Waals surface area contributed by atoms with Crippen LogP contribution in [0.5, 0.6) is 0 Å². The molecule has 1 amide bonds. The fourth-order valence-corrected chi connectivity index (χ4v) is 2.12. The third kappa shape index (κ3) is 4.67. The maximum absolute atomic E-state index is 12.1. The first-order valence-electron chi connectivity index (χ1n) is 7.25. The van der Waals surface area contributed by atoms with Gasteiger partial charge in [-0.2, -0.15) is 0 Å². The summed E-state index contributed by atoms with van der Waals surface area (Å²) in [5.74, 6) is -1.16. The zero-order valence-corrected chi connectivity index (χ0v) is 14.0. The maximum Gasteiger partial charge on any atom is 0.338 e. The van der Waals surface area contributed by atoms with Gasteiger partial charge in [0.2, 0.25) is 0 Å². The Morgan fingerprint density at radius 2 is 1.71 bits per heavy atom. The molecule has 0 bridgehead atoms. The van der Waals surface area contributed by atoms with Gasteiger partial charge in [-0.15, -0.1) is 0 Å². The standard InChI is InChI=1S/C18H16ClNO4/c1-11(21)13-6-8-16(9-7-13)20-17(22)12(2)24-18(23)14-4-3-5-15(19)10-14/h3-10,12H,1-2H3,(H,20,22). The van der Waals surface area contributed by atoms with Crippen molar-refractivity contribution in [1.82, 2.24) is 0 Å². The third-order valence-electron chi connectivity index (χ3n) is 3.27. The third-order valence-corrected chi connectivity index (χ3v) is 3.51. The van der Waals surface area contributed by atoms with Gasteiger partial charge in [-0.3, -0.25) is 9.59 Å². The Morgan fingerprint density at radius 3 is 2.29 bits per heavy atom. The van der Waals surface area contributed by atoms with E-state index in [1.165, 1.54) is 19.9 Å². The summed E-state index contributed by atoms with van der Waals surface area (Å²) in [5, 5.41) is 3.03. The van der Waals surface area contributed by atoms with Gasteiger partial charge in [0.15, 0.2) is 11.9 Å². The molecule has 124 valence electrons. The molecule has 0 aromatic heterocycles. The summed E-state index contributed by atoms with van der Waals surface area (Å²) in [5.41, 5.74) is 1.33. The highest BCUT2D eigenvalue weighted by molar-refractivity contribution is 6.30. The Labute approximate surface area is 144 Å². The predicted octanol–water partition coefficient (Wildman–Crippen LogP) is 3.73. The molecule has 0 saturated heterocycles. The minimum atomic E-state index is -0.982. The number of esters is 1. The van der Waals surface area contributed by atoms with Crippen molar-refractivity contribution in [3.63, 3.8) is 0 Å². The molecule has 0 saturated carbocycles. The van der Waals surface area contributed by atoms with Crippen molar-refractivity contribution in [2.45, 2.75) is 20.0 Å². The molecule has 0 aliphatic carbocycles. The van der Waals surface area contributed by atoms with Crippen LogP contribution in [-0.4, -0.2) is 23.8 Å². The molecule has 2 rings (SSSR count). The lowest BCUT2D eigenvalue weighted by Crippen LogP contribution is -2.30. The van der Waals surface area contributed by atoms with Crippen molar-refractivity contribution in [2.75, 3.05) is 5.32 Å². The first-order valence-corrected chi connectivity index (χ1v) is 7.63. The van der Waals surface area contributed by atoms with Crippen molar-refractivity contribution >= 4 is 34.9 Å². The monoisotopic (exact) mass is 345 g/mol. The molecule has 2 aromatic carbocycles. The van der Waals surface area contributed by atoms with E-state index in [4.69, 9.17) is 16.3 Å². The minimum Gasteiger partial charge on any atom is -0.449 e. The molecular weight excluding hydrogens is 330 g/mol. The van der Waals surface area contributed by atoms with Gasteiger partial charge >= 0.3 is 5.97 Å². The van der Waals surface area contributed by atoms with Crippen LogP contribution in [0.1, 0.15) is 34.6 Å². The molecule has 0 aliphatic rings. The highest BCUT2D eigenvalue weighted by Gasteiger charge is 2.19. The van der Waals surface area contributed by atoms with E-state index in [1.807, 2.05) is 0 Å². The first kappa shape index (κ1) is 17.7. The molecule has 0 radical (unpaired) electrons. The van der Waals surface area contributed by atoms with E-state index < -0.39 is 18.0 Å². The fraction of sp³-hybridized carbons (Fsp3) is 0.167. The average Bonchev–Trinajstić information content (AvgIpc) is 2.55. The van der Waals surface area contributed by atoms with E-state index in [0.29, 0.717) is 16.3 Å². The van der Waals surface area contributed by atoms with Crippen LogP contribution >= 0.6 is 11.6 Å². The number of hydrogen-bond acceptors (Lipinski definition) is 4. The number of anilines is 1. The van der Waals surface area contributed by atoms with Gasteiger partial charge in [0.05, 0.1) is 5.56 Å². The Hall–Kier alpha value is -2.66. The number of amides is 1. The van der Waals surface area contributed by atoms with E-state index in [1.54, 1.807) is 42.5 Å². The van der Waals surface area contributed by atoms with Crippen molar-refractivity contribution in [2.24, 2.45) is 0 Å². The molecule has 24 heavy (non-hydrogen) atoms. The topological polar surface area (TPSA) is 72.5 Å².